The maximum atomic E-state index is 11.2. The fourth-order valence-electron chi connectivity index (χ4n) is 1.04. The molecular formula is C9H8N2O5S. The molecule has 0 saturated carbocycles. The minimum Gasteiger partial charge on any atom is -0.506 e. The zero-order valence-electron chi connectivity index (χ0n) is 8.41. The lowest BCUT2D eigenvalue weighted by molar-refractivity contribution is 0.0697. The van der Waals surface area contributed by atoms with E-state index in [0.717, 1.165) is 18.2 Å². The molecule has 1 rings (SSSR count). The van der Waals surface area contributed by atoms with Gasteiger partial charge in [-0.3, -0.25) is 4.72 Å². The van der Waals surface area contributed by atoms with Crippen LogP contribution in [-0.2, 0) is 10.0 Å². The summed E-state index contributed by atoms with van der Waals surface area (Å²) >= 11 is 0. The number of carbonyl (C=O) groups is 1. The highest BCUT2D eigenvalue weighted by molar-refractivity contribution is 7.92. The van der Waals surface area contributed by atoms with Crippen LogP contribution in [0.2, 0.25) is 0 Å². The van der Waals surface area contributed by atoms with Gasteiger partial charge in [-0.2, -0.15) is 5.26 Å². The molecule has 0 bridgehead atoms. The molecule has 90 valence electrons. The van der Waals surface area contributed by atoms with Crippen LogP contribution in [0.5, 0.6) is 5.75 Å². The summed E-state index contributed by atoms with van der Waals surface area (Å²) < 4.78 is 24.4. The van der Waals surface area contributed by atoms with E-state index in [1.807, 2.05) is 4.72 Å². The summed E-state index contributed by atoms with van der Waals surface area (Å²) in [5, 5.41) is 26.3. The molecule has 1 aromatic rings. The van der Waals surface area contributed by atoms with Crippen LogP contribution in [-0.4, -0.2) is 30.4 Å². The lowest BCUT2D eigenvalue weighted by Crippen LogP contribution is -2.16. The van der Waals surface area contributed by atoms with Gasteiger partial charge in [0.15, 0.2) is 5.75 Å². The van der Waals surface area contributed by atoms with Crippen LogP contribution in [0.1, 0.15) is 10.4 Å². The number of aromatic hydroxyl groups is 1. The number of hydrogen-bond donors (Lipinski definition) is 3. The standard InChI is InChI=1S/C9H8N2O5S/c10-3-4-17(15,16)11-7-5-6(9(13)14)1-2-8(7)12/h1-2,5,11-12H,4H2,(H,13,14). The third-order valence-electron chi connectivity index (χ3n) is 1.76. The molecule has 0 amide bonds. The van der Waals surface area contributed by atoms with Crippen molar-refractivity contribution in [3.05, 3.63) is 23.8 Å². The smallest absolute Gasteiger partial charge is 0.335 e. The first kappa shape index (κ1) is 12.8. The minimum absolute atomic E-state index is 0.183. The summed E-state index contributed by atoms with van der Waals surface area (Å²) in [7, 11) is -3.91. The summed E-state index contributed by atoms with van der Waals surface area (Å²) in [6.45, 7) is 0. The quantitative estimate of drug-likeness (QED) is 0.667. The Bertz CT molecular complexity index is 588. The first-order valence-electron chi connectivity index (χ1n) is 4.29. The van der Waals surface area contributed by atoms with E-state index < -0.39 is 27.5 Å². The van der Waals surface area contributed by atoms with Gasteiger partial charge in [0.1, 0.15) is 5.75 Å². The lowest BCUT2D eigenvalue weighted by Gasteiger charge is -2.07. The summed E-state index contributed by atoms with van der Waals surface area (Å²) in [4.78, 5) is 10.6. The van der Waals surface area contributed by atoms with Crippen LogP contribution in [0.3, 0.4) is 0 Å². The number of nitrogens with zero attached hydrogens (tertiary/aromatic N) is 1. The number of nitrogens with one attached hydrogen (secondary N) is 1. The van der Waals surface area contributed by atoms with Crippen molar-refractivity contribution in [2.45, 2.75) is 0 Å². The molecule has 8 heteroatoms. The van der Waals surface area contributed by atoms with E-state index in [1.165, 1.54) is 6.07 Å². The second kappa shape index (κ2) is 4.71. The number of nitriles is 1. The zero-order valence-corrected chi connectivity index (χ0v) is 9.23. The topological polar surface area (TPSA) is 127 Å². The maximum Gasteiger partial charge on any atom is 0.335 e. The first-order chi connectivity index (χ1) is 7.85. The molecule has 0 aromatic heterocycles. The Morgan fingerprint density at radius 1 is 1.47 bits per heavy atom. The van der Waals surface area contributed by atoms with Gasteiger partial charge in [0, 0.05) is 0 Å². The van der Waals surface area contributed by atoms with E-state index in [-0.39, 0.29) is 11.3 Å². The van der Waals surface area contributed by atoms with Crippen molar-refractivity contribution in [3.8, 4) is 11.8 Å². The van der Waals surface area contributed by atoms with Gasteiger partial charge in [-0.25, -0.2) is 13.2 Å². The van der Waals surface area contributed by atoms with Gasteiger partial charge in [-0.05, 0) is 18.2 Å². The first-order valence-corrected chi connectivity index (χ1v) is 5.94. The van der Waals surface area contributed by atoms with Crippen molar-refractivity contribution in [3.63, 3.8) is 0 Å². The van der Waals surface area contributed by atoms with E-state index in [4.69, 9.17) is 10.4 Å². The van der Waals surface area contributed by atoms with Gasteiger partial charge in [0.25, 0.3) is 0 Å². The predicted molar refractivity (Wildman–Crippen MR) is 58.1 cm³/mol. The molecule has 0 aliphatic heterocycles. The van der Waals surface area contributed by atoms with Gasteiger partial charge in [0.2, 0.25) is 10.0 Å². The van der Waals surface area contributed by atoms with Crippen LogP contribution >= 0.6 is 0 Å². The van der Waals surface area contributed by atoms with Gasteiger partial charge >= 0.3 is 5.97 Å². The van der Waals surface area contributed by atoms with E-state index in [9.17, 15) is 18.3 Å². The van der Waals surface area contributed by atoms with Gasteiger partial charge < -0.3 is 10.2 Å². The predicted octanol–water partition coefficient (Wildman–Crippen LogP) is 0.356. The molecule has 0 radical (unpaired) electrons. The third-order valence-corrected chi connectivity index (χ3v) is 2.80. The summed E-state index contributed by atoms with van der Waals surface area (Å²) in [6, 6.07) is 4.58. The number of anilines is 1. The summed E-state index contributed by atoms with van der Waals surface area (Å²) in [5.41, 5.74) is -0.461. The molecular weight excluding hydrogens is 248 g/mol. The number of carboxylic acid groups (broad SMARTS) is 1. The van der Waals surface area contributed by atoms with Crippen LogP contribution < -0.4 is 4.72 Å². The normalized spacial score (nSPS) is 10.5. The molecule has 0 fully saturated rings. The van der Waals surface area contributed by atoms with Crippen molar-refractivity contribution < 1.29 is 23.4 Å². The van der Waals surface area contributed by atoms with Crippen LogP contribution in [0.4, 0.5) is 5.69 Å². The van der Waals surface area contributed by atoms with Crippen LogP contribution in [0, 0.1) is 11.3 Å². The second-order valence-corrected chi connectivity index (χ2v) is 4.78. The fourth-order valence-corrected chi connectivity index (χ4v) is 1.78. The molecule has 0 unspecified atom stereocenters. The van der Waals surface area contributed by atoms with Crippen molar-refractivity contribution >= 4 is 21.7 Å². The molecule has 7 nitrogen and oxygen atoms in total. The zero-order chi connectivity index (χ0) is 13.1. The average Bonchev–Trinajstić information content (AvgIpc) is 2.20. The molecule has 0 spiro atoms. The monoisotopic (exact) mass is 256 g/mol. The Balaban J connectivity index is 3.11. The highest BCUT2D eigenvalue weighted by atomic mass is 32.2. The summed E-state index contributed by atoms with van der Waals surface area (Å²) in [6.07, 6.45) is 0. The van der Waals surface area contributed by atoms with Crippen LogP contribution in [0.15, 0.2) is 18.2 Å². The fraction of sp³-hybridized carbons (Fsp3) is 0.111. The highest BCUT2D eigenvalue weighted by Crippen LogP contribution is 2.25. The number of aromatic carboxylic acids is 1. The molecule has 0 aliphatic rings. The average molecular weight is 256 g/mol. The molecule has 0 saturated heterocycles. The Morgan fingerprint density at radius 2 is 2.12 bits per heavy atom. The van der Waals surface area contributed by atoms with Crippen molar-refractivity contribution in [2.75, 3.05) is 10.5 Å². The molecule has 3 N–H and O–H groups in total. The largest absolute Gasteiger partial charge is 0.506 e. The van der Waals surface area contributed by atoms with Crippen LogP contribution in [0.25, 0.3) is 0 Å². The van der Waals surface area contributed by atoms with E-state index >= 15 is 0 Å². The van der Waals surface area contributed by atoms with E-state index in [0.29, 0.717) is 0 Å². The number of sulfonamides is 1. The van der Waals surface area contributed by atoms with Crippen molar-refractivity contribution in [1.29, 1.82) is 5.26 Å². The second-order valence-electron chi connectivity index (χ2n) is 3.06. The van der Waals surface area contributed by atoms with E-state index in [1.54, 1.807) is 0 Å². The Hall–Kier alpha value is -2.27. The van der Waals surface area contributed by atoms with Gasteiger partial charge in [-0.15, -0.1) is 0 Å². The van der Waals surface area contributed by atoms with Crippen molar-refractivity contribution in [2.24, 2.45) is 0 Å². The maximum absolute atomic E-state index is 11.2. The number of rotatable bonds is 4. The number of carboxylic acids is 1. The molecule has 0 aliphatic carbocycles. The Morgan fingerprint density at radius 3 is 2.65 bits per heavy atom. The van der Waals surface area contributed by atoms with Gasteiger partial charge in [0.05, 0.1) is 17.3 Å². The SMILES string of the molecule is N#CCS(=O)(=O)Nc1cc(C(=O)O)ccc1O. The highest BCUT2D eigenvalue weighted by Gasteiger charge is 2.14. The number of hydrogen-bond acceptors (Lipinski definition) is 5. The molecule has 0 heterocycles. The molecule has 1 aromatic carbocycles. The van der Waals surface area contributed by atoms with E-state index in [2.05, 4.69) is 0 Å². The van der Waals surface area contributed by atoms with Gasteiger partial charge in [-0.1, -0.05) is 0 Å². The molecule has 0 atom stereocenters. The Labute approximate surface area is 97.0 Å². The third kappa shape index (κ3) is 3.35. The Kier molecular flexibility index (Phi) is 3.55. The minimum atomic E-state index is -3.91. The lowest BCUT2D eigenvalue weighted by atomic mass is 10.2. The van der Waals surface area contributed by atoms with Crippen molar-refractivity contribution in [1.82, 2.24) is 0 Å². The molecule has 17 heavy (non-hydrogen) atoms. The number of phenolic OH excluding ortho intramolecular Hbond substituents is 1. The number of phenols is 1. The summed E-state index contributed by atoms with van der Waals surface area (Å²) in [5.74, 6) is -2.47. The number of benzene rings is 1.